The molecule has 0 saturated carbocycles. The minimum absolute atomic E-state index is 0.374. The Hall–Kier alpha value is -1.62. The summed E-state index contributed by atoms with van der Waals surface area (Å²) in [5, 5.41) is 0. The number of aryl methyl sites for hydroxylation is 1. The van der Waals surface area contributed by atoms with Gasteiger partial charge in [-0.3, -0.25) is 0 Å². The average Bonchev–Trinajstić information content (AvgIpc) is 2.14. The van der Waals surface area contributed by atoms with E-state index in [1.54, 1.807) is 6.07 Å². The number of aromatic nitrogens is 1. The highest BCUT2D eigenvalue weighted by molar-refractivity contribution is 5.91. The monoisotopic (exact) mass is 223 g/mol. The van der Waals surface area contributed by atoms with Crippen LogP contribution in [0.25, 0.3) is 0 Å². The van der Waals surface area contributed by atoms with Gasteiger partial charge in [-0.1, -0.05) is 0 Å². The summed E-state index contributed by atoms with van der Waals surface area (Å²) in [7, 11) is 0. The van der Waals surface area contributed by atoms with E-state index in [1.165, 1.54) is 6.20 Å². The number of hydrogen-bond acceptors (Lipinski definition) is 5. The summed E-state index contributed by atoms with van der Waals surface area (Å²) in [5.74, 6) is 5.36. The van der Waals surface area contributed by atoms with Crippen LogP contribution >= 0.6 is 0 Å². The van der Waals surface area contributed by atoms with Crippen molar-refractivity contribution in [1.82, 2.24) is 4.98 Å². The highest BCUT2D eigenvalue weighted by Gasteiger charge is 2.19. The fourth-order valence-electron chi connectivity index (χ4n) is 1.18. The van der Waals surface area contributed by atoms with Gasteiger partial charge < -0.3 is 10.2 Å². The lowest BCUT2D eigenvalue weighted by Gasteiger charge is -2.20. The van der Waals surface area contributed by atoms with Crippen LogP contribution in [-0.2, 0) is 4.74 Å². The van der Waals surface area contributed by atoms with E-state index >= 15 is 0 Å². The van der Waals surface area contributed by atoms with E-state index < -0.39 is 5.60 Å². The minimum atomic E-state index is -0.506. The SMILES string of the molecule is Cc1cc(NN)ncc1C(=O)OC(C)(C)C. The number of rotatable bonds is 2. The summed E-state index contributed by atoms with van der Waals surface area (Å²) >= 11 is 0. The quantitative estimate of drug-likeness (QED) is 0.452. The lowest BCUT2D eigenvalue weighted by molar-refractivity contribution is 0.00684. The van der Waals surface area contributed by atoms with Crippen molar-refractivity contribution in [2.24, 2.45) is 5.84 Å². The molecule has 1 rings (SSSR count). The van der Waals surface area contributed by atoms with Gasteiger partial charge in [0.15, 0.2) is 0 Å². The van der Waals surface area contributed by atoms with Gasteiger partial charge in [0.1, 0.15) is 11.4 Å². The van der Waals surface area contributed by atoms with Crippen molar-refractivity contribution >= 4 is 11.8 Å². The fourth-order valence-corrected chi connectivity index (χ4v) is 1.18. The maximum atomic E-state index is 11.8. The largest absolute Gasteiger partial charge is 0.456 e. The molecule has 16 heavy (non-hydrogen) atoms. The number of nitrogens with two attached hydrogens (primary N) is 1. The van der Waals surface area contributed by atoms with E-state index in [1.807, 2.05) is 27.7 Å². The topological polar surface area (TPSA) is 77.2 Å². The standard InChI is InChI=1S/C11H17N3O2/c1-7-5-9(14-12)13-6-8(7)10(15)16-11(2,3)4/h5-6H,12H2,1-4H3,(H,13,14). The first-order chi connectivity index (χ1) is 7.33. The number of carbonyl (C=O) groups excluding carboxylic acids is 1. The number of nitrogens with one attached hydrogen (secondary N) is 1. The Morgan fingerprint density at radius 2 is 2.12 bits per heavy atom. The molecule has 0 saturated heterocycles. The number of pyridine rings is 1. The van der Waals surface area contributed by atoms with Gasteiger partial charge in [-0.25, -0.2) is 15.6 Å². The molecule has 5 heteroatoms. The van der Waals surface area contributed by atoms with E-state index in [0.29, 0.717) is 11.4 Å². The summed E-state index contributed by atoms with van der Waals surface area (Å²) in [5.41, 5.74) is 3.14. The van der Waals surface area contributed by atoms with E-state index in [-0.39, 0.29) is 5.97 Å². The Bertz CT molecular complexity index is 397. The molecule has 0 unspecified atom stereocenters. The lowest BCUT2D eigenvalue weighted by atomic mass is 10.1. The number of hydrogen-bond donors (Lipinski definition) is 2. The smallest absolute Gasteiger partial charge is 0.340 e. The van der Waals surface area contributed by atoms with Gasteiger partial charge in [-0.15, -0.1) is 0 Å². The molecular weight excluding hydrogens is 206 g/mol. The molecule has 3 N–H and O–H groups in total. The first-order valence-electron chi connectivity index (χ1n) is 5.00. The van der Waals surface area contributed by atoms with E-state index in [9.17, 15) is 4.79 Å². The molecule has 88 valence electrons. The van der Waals surface area contributed by atoms with E-state index in [0.717, 1.165) is 5.56 Å². The zero-order valence-electron chi connectivity index (χ0n) is 10.00. The van der Waals surface area contributed by atoms with Crippen LogP contribution in [0.3, 0.4) is 0 Å². The van der Waals surface area contributed by atoms with E-state index in [2.05, 4.69) is 10.4 Å². The van der Waals surface area contributed by atoms with Crippen LogP contribution in [0.15, 0.2) is 12.3 Å². The van der Waals surface area contributed by atoms with Crippen molar-refractivity contribution in [2.45, 2.75) is 33.3 Å². The van der Waals surface area contributed by atoms with Crippen molar-refractivity contribution in [3.05, 3.63) is 23.4 Å². The van der Waals surface area contributed by atoms with Crippen LogP contribution in [0.4, 0.5) is 5.82 Å². The van der Waals surface area contributed by atoms with Crippen LogP contribution in [-0.4, -0.2) is 16.6 Å². The van der Waals surface area contributed by atoms with Crippen LogP contribution in [0, 0.1) is 6.92 Å². The Labute approximate surface area is 95.0 Å². The molecule has 0 fully saturated rings. The molecule has 0 bridgehead atoms. The number of nitrogen functional groups attached to an aromatic ring is 1. The summed E-state index contributed by atoms with van der Waals surface area (Å²) in [6, 6.07) is 1.69. The van der Waals surface area contributed by atoms with Gasteiger partial charge in [0.2, 0.25) is 0 Å². The van der Waals surface area contributed by atoms with E-state index in [4.69, 9.17) is 10.6 Å². The summed E-state index contributed by atoms with van der Waals surface area (Å²) in [6.07, 6.45) is 1.46. The van der Waals surface area contributed by atoms with Gasteiger partial charge in [-0.05, 0) is 39.3 Å². The number of ether oxygens (including phenoxy) is 1. The number of esters is 1. The molecular formula is C11H17N3O2. The highest BCUT2D eigenvalue weighted by Crippen LogP contribution is 2.16. The molecule has 0 aliphatic rings. The number of hydrazine groups is 1. The van der Waals surface area contributed by atoms with Crippen molar-refractivity contribution in [1.29, 1.82) is 0 Å². The molecule has 0 aromatic carbocycles. The highest BCUT2D eigenvalue weighted by atomic mass is 16.6. The molecule has 0 amide bonds. The lowest BCUT2D eigenvalue weighted by Crippen LogP contribution is -2.24. The number of nitrogens with zero attached hydrogens (tertiary/aromatic N) is 1. The first-order valence-corrected chi connectivity index (χ1v) is 5.00. The molecule has 1 aromatic rings. The molecule has 1 heterocycles. The van der Waals surface area contributed by atoms with Gasteiger partial charge in [-0.2, -0.15) is 0 Å². The third-order valence-corrected chi connectivity index (χ3v) is 1.88. The van der Waals surface area contributed by atoms with Crippen molar-refractivity contribution in [3.63, 3.8) is 0 Å². The fraction of sp³-hybridized carbons (Fsp3) is 0.455. The maximum Gasteiger partial charge on any atom is 0.340 e. The molecule has 1 aromatic heterocycles. The second-order valence-corrected chi connectivity index (χ2v) is 4.53. The average molecular weight is 223 g/mol. The predicted octanol–water partition coefficient (Wildman–Crippen LogP) is 1.63. The number of anilines is 1. The third-order valence-electron chi connectivity index (χ3n) is 1.88. The normalized spacial score (nSPS) is 11.1. The van der Waals surface area contributed by atoms with Crippen molar-refractivity contribution < 1.29 is 9.53 Å². The molecule has 5 nitrogen and oxygen atoms in total. The Morgan fingerprint density at radius 3 is 2.56 bits per heavy atom. The molecule has 0 atom stereocenters. The summed E-state index contributed by atoms with van der Waals surface area (Å²) < 4.78 is 5.25. The molecule has 0 aliphatic heterocycles. The Morgan fingerprint density at radius 1 is 1.50 bits per heavy atom. The van der Waals surface area contributed by atoms with Crippen molar-refractivity contribution in [2.75, 3.05) is 5.43 Å². The first kappa shape index (κ1) is 12.4. The maximum absolute atomic E-state index is 11.8. The zero-order chi connectivity index (χ0) is 12.3. The minimum Gasteiger partial charge on any atom is -0.456 e. The molecule has 0 aliphatic carbocycles. The van der Waals surface area contributed by atoms with Gasteiger partial charge in [0.05, 0.1) is 5.56 Å². The molecule has 0 radical (unpaired) electrons. The third kappa shape index (κ3) is 3.20. The Balaban J connectivity index is 2.93. The number of carbonyl (C=O) groups is 1. The van der Waals surface area contributed by atoms with Gasteiger partial charge in [0, 0.05) is 6.20 Å². The van der Waals surface area contributed by atoms with Crippen LogP contribution in [0.2, 0.25) is 0 Å². The van der Waals surface area contributed by atoms with Gasteiger partial charge in [0.25, 0.3) is 0 Å². The summed E-state index contributed by atoms with van der Waals surface area (Å²) in [4.78, 5) is 15.7. The van der Waals surface area contributed by atoms with Crippen LogP contribution in [0.1, 0.15) is 36.7 Å². The van der Waals surface area contributed by atoms with Crippen molar-refractivity contribution in [3.8, 4) is 0 Å². The van der Waals surface area contributed by atoms with Gasteiger partial charge >= 0.3 is 5.97 Å². The second kappa shape index (κ2) is 4.49. The predicted molar refractivity (Wildman–Crippen MR) is 62.0 cm³/mol. The second-order valence-electron chi connectivity index (χ2n) is 4.53. The zero-order valence-corrected chi connectivity index (χ0v) is 10.00. The van der Waals surface area contributed by atoms with Crippen LogP contribution in [0.5, 0.6) is 0 Å². The van der Waals surface area contributed by atoms with Crippen LogP contribution < -0.4 is 11.3 Å². The Kier molecular flexibility index (Phi) is 3.49. The summed E-state index contributed by atoms with van der Waals surface area (Å²) in [6.45, 7) is 7.28. The molecule has 0 spiro atoms.